The number of hydrogen-bond acceptors (Lipinski definition) is 4. The molecule has 0 aromatic heterocycles. The maximum Gasteiger partial charge on any atom is 0.236 e. The van der Waals surface area contributed by atoms with Crippen LogP contribution in [-0.4, -0.2) is 79.5 Å². The van der Waals surface area contributed by atoms with Gasteiger partial charge in [-0.05, 0) is 27.4 Å². The number of rotatable bonds is 5. The number of carbonyl (C=O) groups excluding carboxylic acids is 1. The molecule has 18 heavy (non-hydrogen) atoms. The maximum atomic E-state index is 12.2. The highest BCUT2D eigenvalue weighted by Gasteiger charge is 2.29. The Bertz CT molecular complexity index is 270. The predicted octanol–water partition coefficient (Wildman–Crippen LogP) is -0.180. The lowest BCUT2D eigenvalue weighted by molar-refractivity contribution is -0.135. The van der Waals surface area contributed by atoms with Gasteiger partial charge in [-0.25, -0.2) is 0 Å². The van der Waals surface area contributed by atoms with Crippen molar-refractivity contribution < 1.29 is 4.79 Å². The van der Waals surface area contributed by atoms with Crippen LogP contribution in [0.4, 0.5) is 0 Å². The topological polar surface area (TPSA) is 52.8 Å². The molecule has 0 aromatic rings. The molecule has 106 valence electrons. The van der Waals surface area contributed by atoms with Gasteiger partial charge in [0, 0.05) is 38.3 Å². The van der Waals surface area contributed by atoms with Crippen LogP contribution >= 0.6 is 0 Å². The second-order valence-corrected chi connectivity index (χ2v) is 5.59. The lowest BCUT2D eigenvalue weighted by Gasteiger charge is -2.39. The van der Waals surface area contributed by atoms with Gasteiger partial charge in [0.2, 0.25) is 5.91 Å². The van der Waals surface area contributed by atoms with E-state index in [0.29, 0.717) is 13.1 Å². The number of likely N-dealkylation sites (N-methyl/N-ethyl adjacent to an activating group) is 2. The Labute approximate surface area is 111 Å². The fourth-order valence-corrected chi connectivity index (χ4v) is 2.12. The van der Waals surface area contributed by atoms with Gasteiger partial charge in [0.05, 0.1) is 6.54 Å². The molecule has 1 unspecified atom stereocenters. The summed E-state index contributed by atoms with van der Waals surface area (Å²) in [6, 6.07) is 0. The molecule has 1 aliphatic rings. The molecule has 1 amide bonds. The van der Waals surface area contributed by atoms with Crippen molar-refractivity contribution in [3.8, 4) is 0 Å². The predicted molar refractivity (Wildman–Crippen MR) is 74.5 cm³/mol. The Morgan fingerprint density at radius 3 is 2.33 bits per heavy atom. The summed E-state index contributed by atoms with van der Waals surface area (Å²) in [7, 11) is 4.08. The molecule has 1 atom stereocenters. The van der Waals surface area contributed by atoms with Crippen molar-refractivity contribution in [1.29, 1.82) is 0 Å². The van der Waals surface area contributed by atoms with Crippen LogP contribution in [0.25, 0.3) is 0 Å². The highest BCUT2D eigenvalue weighted by atomic mass is 16.2. The zero-order valence-corrected chi connectivity index (χ0v) is 12.3. The molecule has 0 radical (unpaired) electrons. The third kappa shape index (κ3) is 3.67. The number of amides is 1. The summed E-state index contributed by atoms with van der Waals surface area (Å²) in [6.45, 7) is 8.90. The Hall–Kier alpha value is -0.650. The fraction of sp³-hybridized carbons (Fsp3) is 0.923. The Kier molecular flexibility index (Phi) is 5.56. The minimum atomic E-state index is -0.0811. The van der Waals surface area contributed by atoms with E-state index < -0.39 is 0 Å². The smallest absolute Gasteiger partial charge is 0.236 e. The van der Waals surface area contributed by atoms with Gasteiger partial charge >= 0.3 is 0 Å². The van der Waals surface area contributed by atoms with Gasteiger partial charge < -0.3 is 15.5 Å². The van der Waals surface area contributed by atoms with Crippen LogP contribution in [0.3, 0.4) is 0 Å². The van der Waals surface area contributed by atoms with Crippen molar-refractivity contribution in [1.82, 2.24) is 14.7 Å². The molecule has 1 saturated heterocycles. The molecule has 0 spiro atoms. The minimum absolute atomic E-state index is 0.0811. The van der Waals surface area contributed by atoms with Gasteiger partial charge in [-0.3, -0.25) is 9.69 Å². The second kappa shape index (κ2) is 6.50. The third-order valence-corrected chi connectivity index (χ3v) is 4.35. The van der Waals surface area contributed by atoms with E-state index in [9.17, 15) is 4.79 Å². The van der Waals surface area contributed by atoms with Crippen LogP contribution in [0, 0.1) is 0 Å². The summed E-state index contributed by atoms with van der Waals surface area (Å²) in [5.41, 5.74) is 5.74. The quantitative estimate of drug-likeness (QED) is 0.741. The van der Waals surface area contributed by atoms with E-state index in [1.807, 2.05) is 11.9 Å². The number of piperazine rings is 1. The molecule has 1 fully saturated rings. The number of nitrogens with two attached hydrogens (primary N) is 1. The zero-order chi connectivity index (χ0) is 13.8. The van der Waals surface area contributed by atoms with Crippen molar-refractivity contribution in [2.75, 3.05) is 53.4 Å². The Balaban J connectivity index is 2.49. The van der Waals surface area contributed by atoms with Crippen molar-refractivity contribution in [3.63, 3.8) is 0 Å². The first-order chi connectivity index (χ1) is 8.42. The van der Waals surface area contributed by atoms with Gasteiger partial charge in [0.15, 0.2) is 0 Å². The number of carbonyl (C=O) groups is 1. The highest BCUT2D eigenvalue weighted by Crippen LogP contribution is 2.16. The summed E-state index contributed by atoms with van der Waals surface area (Å²) in [4.78, 5) is 18.5. The zero-order valence-electron chi connectivity index (χ0n) is 12.3. The molecule has 0 aromatic carbocycles. The monoisotopic (exact) mass is 256 g/mol. The second-order valence-electron chi connectivity index (χ2n) is 5.59. The van der Waals surface area contributed by atoms with E-state index in [1.165, 1.54) is 0 Å². The lowest BCUT2D eigenvalue weighted by atomic mass is 9.97. The standard InChI is InChI=1S/C13H28N4O/c1-5-13(2,11-14)16(4)10-12(18)17-8-6-15(3)7-9-17/h5-11,14H2,1-4H3. The van der Waals surface area contributed by atoms with E-state index >= 15 is 0 Å². The molecular formula is C13H28N4O. The van der Waals surface area contributed by atoms with Gasteiger partial charge in [-0.1, -0.05) is 6.92 Å². The molecule has 1 aliphatic heterocycles. The largest absolute Gasteiger partial charge is 0.339 e. The average molecular weight is 256 g/mol. The van der Waals surface area contributed by atoms with E-state index in [-0.39, 0.29) is 11.4 Å². The Morgan fingerprint density at radius 1 is 1.33 bits per heavy atom. The van der Waals surface area contributed by atoms with Gasteiger partial charge in [0.1, 0.15) is 0 Å². The first kappa shape index (κ1) is 15.4. The first-order valence-corrected chi connectivity index (χ1v) is 6.80. The van der Waals surface area contributed by atoms with Crippen LogP contribution in [0.2, 0.25) is 0 Å². The van der Waals surface area contributed by atoms with E-state index in [4.69, 9.17) is 5.73 Å². The van der Waals surface area contributed by atoms with Crippen molar-refractivity contribution in [2.24, 2.45) is 5.73 Å². The SMILES string of the molecule is CCC(C)(CN)N(C)CC(=O)N1CCN(C)CC1. The van der Waals surface area contributed by atoms with E-state index in [2.05, 4.69) is 30.7 Å². The average Bonchev–Trinajstić information content (AvgIpc) is 2.38. The first-order valence-electron chi connectivity index (χ1n) is 6.80. The van der Waals surface area contributed by atoms with Crippen molar-refractivity contribution in [2.45, 2.75) is 25.8 Å². The van der Waals surface area contributed by atoms with Crippen molar-refractivity contribution >= 4 is 5.91 Å². The Morgan fingerprint density at radius 2 is 1.89 bits per heavy atom. The number of hydrogen-bond donors (Lipinski definition) is 1. The van der Waals surface area contributed by atoms with Crippen LogP contribution in [0.15, 0.2) is 0 Å². The van der Waals surface area contributed by atoms with Crippen LogP contribution in [0.5, 0.6) is 0 Å². The molecule has 2 N–H and O–H groups in total. The summed E-state index contributed by atoms with van der Waals surface area (Å²) in [5, 5.41) is 0. The molecule has 1 rings (SSSR count). The molecule has 0 bridgehead atoms. The van der Waals surface area contributed by atoms with E-state index in [1.54, 1.807) is 0 Å². The summed E-state index contributed by atoms with van der Waals surface area (Å²) in [6.07, 6.45) is 0.954. The van der Waals surface area contributed by atoms with Crippen LogP contribution in [0.1, 0.15) is 20.3 Å². The summed E-state index contributed by atoms with van der Waals surface area (Å²) >= 11 is 0. The molecule has 5 heteroatoms. The lowest BCUT2D eigenvalue weighted by Crippen LogP contribution is -2.55. The molecular weight excluding hydrogens is 228 g/mol. The summed E-state index contributed by atoms with van der Waals surface area (Å²) < 4.78 is 0. The van der Waals surface area contributed by atoms with Gasteiger partial charge in [0.25, 0.3) is 0 Å². The fourth-order valence-electron chi connectivity index (χ4n) is 2.12. The van der Waals surface area contributed by atoms with E-state index in [0.717, 1.165) is 32.6 Å². The maximum absolute atomic E-state index is 12.2. The minimum Gasteiger partial charge on any atom is -0.339 e. The number of nitrogens with zero attached hydrogens (tertiary/aromatic N) is 3. The molecule has 0 aliphatic carbocycles. The van der Waals surface area contributed by atoms with Crippen LogP contribution < -0.4 is 5.73 Å². The summed E-state index contributed by atoms with van der Waals surface area (Å²) in [5.74, 6) is 0.221. The molecule has 0 saturated carbocycles. The molecule has 1 heterocycles. The normalized spacial score (nSPS) is 21.1. The van der Waals surface area contributed by atoms with Crippen LogP contribution in [-0.2, 0) is 4.79 Å². The highest BCUT2D eigenvalue weighted by molar-refractivity contribution is 5.78. The van der Waals surface area contributed by atoms with Crippen molar-refractivity contribution in [3.05, 3.63) is 0 Å². The third-order valence-electron chi connectivity index (χ3n) is 4.35. The van der Waals surface area contributed by atoms with Gasteiger partial charge in [-0.15, -0.1) is 0 Å². The van der Waals surface area contributed by atoms with Gasteiger partial charge in [-0.2, -0.15) is 0 Å². The molecule has 5 nitrogen and oxygen atoms in total.